The summed E-state index contributed by atoms with van der Waals surface area (Å²) in [6, 6.07) is 1.75. The van der Waals surface area contributed by atoms with Crippen LogP contribution in [0.2, 0.25) is 0 Å². The van der Waals surface area contributed by atoms with E-state index in [9.17, 15) is 4.79 Å². The SMILES string of the molecule is CCC1CCN(C(=O)c2cnc(C)cc2N)C1. The van der Waals surface area contributed by atoms with Crippen molar-refractivity contribution >= 4 is 11.6 Å². The molecule has 1 saturated heterocycles. The molecular formula is C13H19N3O. The molecule has 1 amide bonds. The number of amides is 1. The van der Waals surface area contributed by atoms with Crippen LogP contribution in [0, 0.1) is 12.8 Å². The van der Waals surface area contributed by atoms with Crippen LogP contribution in [0.15, 0.2) is 12.3 Å². The number of aryl methyl sites for hydroxylation is 1. The molecule has 1 aliphatic rings. The second kappa shape index (κ2) is 4.73. The van der Waals surface area contributed by atoms with Gasteiger partial charge in [0.1, 0.15) is 0 Å². The molecule has 1 aromatic rings. The summed E-state index contributed by atoms with van der Waals surface area (Å²) in [4.78, 5) is 18.3. The third-order valence-corrected chi connectivity index (χ3v) is 3.45. The lowest BCUT2D eigenvalue weighted by Crippen LogP contribution is -2.29. The van der Waals surface area contributed by atoms with Crippen LogP contribution in [0.5, 0.6) is 0 Å². The molecule has 4 nitrogen and oxygen atoms in total. The smallest absolute Gasteiger partial charge is 0.257 e. The zero-order valence-electron chi connectivity index (χ0n) is 10.4. The Kier molecular flexibility index (Phi) is 3.31. The molecule has 4 heteroatoms. The van der Waals surface area contributed by atoms with Gasteiger partial charge in [0.05, 0.1) is 5.56 Å². The average Bonchev–Trinajstić information content (AvgIpc) is 2.76. The third-order valence-electron chi connectivity index (χ3n) is 3.45. The molecule has 1 aromatic heterocycles. The Morgan fingerprint density at radius 2 is 2.41 bits per heavy atom. The molecule has 1 fully saturated rings. The Morgan fingerprint density at radius 1 is 1.65 bits per heavy atom. The van der Waals surface area contributed by atoms with Gasteiger partial charge in [-0.2, -0.15) is 0 Å². The van der Waals surface area contributed by atoms with Gasteiger partial charge in [0.15, 0.2) is 0 Å². The van der Waals surface area contributed by atoms with E-state index >= 15 is 0 Å². The summed E-state index contributed by atoms with van der Waals surface area (Å²) < 4.78 is 0. The lowest BCUT2D eigenvalue weighted by Gasteiger charge is -2.17. The predicted molar refractivity (Wildman–Crippen MR) is 67.7 cm³/mol. The number of carbonyl (C=O) groups is 1. The molecule has 2 rings (SSSR count). The second-order valence-electron chi connectivity index (χ2n) is 4.73. The highest BCUT2D eigenvalue weighted by atomic mass is 16.2. The van der Waals surface area contributed by atoms with Crippen molar-refractivity contribution in [3.63, 3.8) is 0 Å². The minimum Gasteiger partial charge on any atom is -0.398 e. The van der Waals surface area contributed by atoms with Gasteiger partial charge in [-0.25, -0.2) is 0 Å². The maximum Gasteiger partial charge on any atom is 0.257 e. The van der Waals surface area contributed by atoms with Gasteiger partial charge < -0.3 is 10.6 Å². The molecule has 0 aromatic carbocycles. The Bertz CT molecular complexity index is 431. The number of hydrogen-bond acceptors (Lipinski definition) is 3. The van der Waals surface area contributed by atoms with Crippen LogP contribution in [0.1, 0.15) is 35.8 Å². The highest BCUT2D eigenvalue weighted by Gasteiger charge is 2.26. The van der Waals surface area contributed by atoms with E-state index in [0.29, 0.717) is 17.2 Å². The van der Waals surface area contributed by atoms with Crippen LogP contribution in [0.3, 0.4) is 0 Å². The summed E-state index contributed by atoms with van der Waals surface area (Å²) in [5.41, 5.74) is 7.77. The molecule has 1 unspecified atom stereocenters. The van der Waals surface area contributed by atoms with E-state index in [1.54, 1.807) is 12.3 Å². The Labute approximate surface area is 102 Å². The van der Waals surface area contributed by atoms with Gasteiger partial charge in [-0.15, -0.1) is 0 Å². The van der Waals surface area contributed by atoms with E-state index in [0.717, 1.165) is 31.6 Å². The quantitative estimate of drug-likeness (QED) is 0.848. The number of carbonyl (C=O) groups excluding carboxylic acids is 1. The molecule has 92 valence electrons. The molecule has 0 aliphatic carbocycles. The molecule has 2 N–H and O–H groups in total. The zero-order valence-corrected chi connectivity index (χ0v) is 10.4. The van der Waals surface area contributed by atoms with E-state index in [-0.39, 0.29) is 5.91 Å². The average molecular weight is 233 g/mol. The third kappa shape index (κ3) is 2.40. The van der Waals surface area contributed by atoms with Gasteiger partial charge in [-0.1, -0.05) is 13.3 Å². The second-order valence-corrected chi connectivity index (χ2v) is 4.73. The van der Waals surface area contributed by atoms with Gasteiger partial charge in [0.2, 0.25) is 0 Å². The van der Waals surface area contributed by atoms with E-state index in [1.807, 2.05) is 11.8 Å². The van der Waals surface area contributed by atoms with Crippen LogP contribution in [-0.2, 0) is 0 Å². The molecule has 0 saturated carbocycles. The number of aromatic nitrogens is 1. The highest BCUT2D eigenvalue weighted by molar-refractivity contribution is 5.99. The van der Waals surface area contributed by atoms with Gasteiger partial charge >= 0.3 is 0 Å². The number of anilines is 1. The summed E-state index contributed by atoms with van der Waals surface area (Å²) in [7, 11) is 0. The first kappa shape index (κ1) is 11.9. The molecule has 0 spiro atoms. The van der Waals surface area contributed by atoms with E-state index < -0.39 is 0 Å². The first-order chi connectivity index (χ1) is 8.11. The van der Waals surface area contributed by atoms with Gasteiger partial charge in [-0.3, -0.25) is 9.78 Å². The number of nitrogen functional groups attached to an aromatic ring is 1. The maximum absolute atomic E-state index is 12.2. The van der Waals surface area contributed by atoms with Crippen LogP contribution in [0.4, 0.5) is 5.69 Å². The fourth-order valence-electron chi connectivity index (χ4n) is 2.28. The van der Waals surface area contributed by atoms with E-state index in [1.165, 1.54) is 0 Å². The summed E-state index contributed by atoms with van der Waals surface area (Å²) >= 11 is 0. The normalized spacial score (nSPS) is 19.6. The largest absolute Gasteiger partial charge is 0.398 e. The fourth-order valence-corrected chi connectivity index (χ4v) is 2.28. The monoisotopic (exact) mass is 233 g/mol. The van der Waals surface area contributed by atoms with E-state index in [4.69, 9.17) is 5.73 Å². The fraction of sp³-hybridized carbons (Fsp3) is 0.538. The minimum atomic E-state index is 0.0194. The molecule has 17 heavy (non-hydrogen) atoms. The standard InChI is InChI=1S/C13H19N3O/c1-3-10-4-5-16(8-10)13(17)11-7-15-9(2)6-12(11)14/h6-7,10H,3-5,8H2,1-2H3,(H2,14,15). The summed E-state index contributed by atoms with van der Waals surface area (Å²) in [5, 5.41) is 0. The first-order valence-electron chi connectivity index (χ1n) is 6.13. The Morgan fingerprint density at radius 3 is 3.00 bits per heavy atom. The summed E-state index contributed by atoms with van der Waals surface area (Å²) in [5.74, 6) is 0.657. The number of nitrogens with two attached hydrogens (primary N) is 1. The molecule has 0 bridgehead atoms. The lowest BCUT2D eigenvalue weighted by atomic mass is 10.1. The zero-order chi connectivity index (χ0) is 12.4. The van der Waals surface area contributed by atoms with Crippen molar-refractivity contribution in [2.24, 2.45) is 5.92 Å². The van der Waals surface area contributed by atoms with Crippen LogP contribution in [-0.4, -0.2) is 28.9 Å². The van der Waals surface area contributed by atoms with Crippen molar-refractivity contribution in [1.82, 2.24) is 9.88 Å². The number of rotatable bonds is 2. The van der Waals surface area contributed by atoms with Crippen molar-refractivity contribution in [3.05, 3.63) is 23.5 Å². The molecule has 1 atom stereocenters. The topological polar surface area (TPSA) is 59.2 Å². The molecule has 2 heterocycles. The number of nitrogens with zero attached hydrogens (tertiary/aromatic N) is 2. The van der Waals surface area contributed by atoms with Crippen molar-refractivity contribution in [2.45, 2.75) is 26.7 Å². The predicted octanol–water partition coefficient (Wildman–Crippen LogP) is 1.84. The van der Waals surface area contributed by atoms with Gasteiger partial charge in [0.25, 0.3) is 5.91 Å². The van der Waals surface area contributed by atoms with Crippen LogP contribution < -0.4 is 5.73 Å². The number of pyridine rings is 1. The number of hydrogen-bond donors (Lipinski definition) is 1. The van der Waals surface area contributed by atoms with Crippen molar-refractivity contribution < 1.29 is 4.79 Å². The van der Waals surface area contributed by atoms with Gasteiger partial charge in [-0.05, 0) is 25.3 Å². The minimum absolute atomic E-state index is 0.0194. The first-order valence-corrected chi connectivity index (χ1v) is 6.13. The molecule has 1 aliphatic heterocycles. The van der Waals surface area contributed by atoms with Crippen LogP contribution >= 0.6 is 0 Å². The number of likely N-dealkylation sites (tertiary alicyclic amines) is 1. The van der Waals surface area contributed by atoms with Crippen molar-refractivity contribution in [1.29, 1.82) is 0 Å². The summed E-state index contributed by atoms with van der Waals surface area (Å²) in [6.45, 7) is 5.72. The maximum atomic E-state index is 12.2. The molecular weight excluding hydrogens is 214 g/mol. The van der Waals surface area contributed by atoms with Crippen LogP contribution in [0.25, 0.3) is 0 Å². The lowest BCUT2D eigenvalue weighted by molar-refractivity contribution is 0.0787. The van der Waals surface area contributed by atoms with Crippen molar-refractivity contribution in [3.8, 4) is 0 Å². The molecule has 0 radical (unpaired) electrons. The van der Waals surface area contributed by atoms with Gasteiger partial charge in [0, 0.05) is 30.7 Å². The Balaban J connectivity index is 2.15. The van der Waals surface area contributed by atoms with E-state index in [2.05, 4.69) is 11.9 Å². The van der Waals surface area contributed by atoms with Crippen molar-refractivity contribution in [2.75, 3.05) is 18.8 Å². The highest BCUT2D eigenvalue weighted by Crippen LogP contribution is 2.22. The summed E-state index contributed by atoms with van der Waals surface area (Å²) in [6.07, 6.45) is 3.82. The Hall–Kier alpha value is -1.58.